The Morgan fingerprint density at radius 2 is 1.95 bits per heavy atom. The Labute approximate surface area is 114 Å². The number of nitrogens with zero attached hydrogens (tertiary/aromatic N) is 1. The molecule has 3 nitrogen and oxygen atoms in total. The summed E-state index contributed by atoms with van der Waals surface area (Å²) in [6.45, 7) is 4.70. The van der Waals surface area contributed by atoms with Crippen molar-refractivity contribution in [2.75, 3.05) is 6.61 Å². The Kier molecular flexibility index (Phi) is 4.53. The van der Waals surface area contributed by atoms with E-state index in [-0.39, 0.29) is 6.04 Å². The molecule has 0 unspecified atom stereocenters. The third kappa shape index (κ3) is 3.80. The van der Waals surface area contributed by atoms with E-state index in [9.17, 15) is 0 Å². The van der Waals surface area contributed by atoms with Gasteiger partial charge in [0.1, 0.15) is 5.75 Å². The van der Waals surface area contributed by atoms with Crippen LogP contribution in [0.2, 0.25) is 0 Å². The summed E-state index contributed by atoms with van der Waals surface area (Å²) < 4.78 is 5.81. The monoisotopic (exact) mass is 256 g/mol. The zero-order valence-electron chi connectivity index (χ0n) is 11.5. The molecule has 2 N–H and O–H groups in total. The second-order valence-corrected chi connectivity index (χ2v) is 4.77. The highest BCUT2D eigenvalue weighted by molar-refractivity contribution is 5.37. The average Bonchev–Trinajstić information content (AvgIpc) is 2.41. The van der Waals surface area contributed by atoms with Gasteiger partial charge < -0.3 is 10.5 Å². The molecule has 2 rings (SSSR count). The van der Waals surface area contributed by atoms with Crippen LogP contribution in [0.5, 0.6) is 5.75 Å². The van der Waals surface area contributed by atoms with Crippen molar-refractivity contribution >= 4 is 0 Å². The summed E-state index contributed by atoms with van der Waals surface area (Å²) in [6, 6.07) is 10.2. The molecule has 0 saturated carbocycles. The van der Waals surface area contributed by atoms with Crippen molar-refractivity contribution < 1.29 is 4.74 Å². The van der Waals surface area contributed by atoms with Crippen LogP contribution in [0.1, 0.15) is 29.7 Å². The molecule has 19 heavy (non-hydrogen) atoms. The lowest BCUT2D eigenvalue weighted by molar-refractivity contribution is 0.319. The van der Waals surface area contributed by atoms with Crippen LogP contribution in [0.4, 0.5) is 0 Å². The van der Waals surface area contributed by atoms with Crippen molar-refractivity contribution in [2.45, 2.75) is 26.3 Å². The molecule has 0 aliphatic carbocycles. The van der Waals surface area contributed by atoms with Gasteiger partial charge in [-0.2, -0.15) is 0 Å². The normalized spacial score (nSPS) is 12.2. The van der Waals surface area contributed by atoms with Crippen molar-refractivity contribution in [1.29, 1.82) is 0 Å². The molecule has 2 aromatic rings. The molecule has 1 aromatic carbocycles. The van der Waals surface area contributed by atoms with Crippen LogP contribution in [0.15, 0.2) is 42.7 Å². The van der Waals surface area contributed by atoms with Crippen LogP contribution in [-0.4, -0.2) is 11.6 Å². The number of nitrogens with two attached hydrogens (primary N) is 1. The van der Waals surface area contributed by atoms with E-state index in [0.717, 1.165) is 23.3 Å². The topological polar surface area (TPSA) is 48.1 Å². The van der Waals surface area contributed by atoms with E-state index < -0.39 is 0 Å². The third-order valence-corrected chi connectivity index (χ3v) is 3.12. The van der Waals surface area contributed by atoms with Gasteiger partial charge in [0.05, 0.1) is 6.61 Å². The van der Waals surface area contributed by atoms with Crippen molar-refractivity contribution in [3.05, 3.63) is 59.4 Å². The average molecular weight is 256 g/mol. The number of ether oxygens (including phenoxy) is 1. The van der Waals surface area contributed by atoms with Crippen molar-refractivity contribution in [3.63, 3.8) is 0 Å². The van der Waals surface area contributed by atoms with E-state index >= 15 is 0 Å². The Bertz CT molecular complexity index is 524. The number of rotatable bonds is 5. The summed E-state index contributed by atoms with van der Waals surface area (Å²) in [5.74, 6) is 0.929. The molecule has 0 aliphatic rings. The number of aromatic nitrogens is 1. The third-order valence-electron chi connectivity index (χ3n) is 3.12. The minimum absolute atomic E-state index is 0.0598. The fraction of sp³-hybridized carbons (Fsp3) is 0.312. The summed E-state index contributed by atoms with van der Waals surface area (Å²) in [5.41, 5.74) is 9.37. The SMILES string of the molecule is Cc1cc([C@H](C)N)ccc1OCCc1ccncc1. The Hall–Kier alpha value is -1.87. The van der Waals surface area contributed by atoms with E-state index in [0.29, 0.717) is 6.61 Å². The van der Waals surface area contributed by atoms with Crippen LogP contribution in [0.3, 0.4) is 0 Å². The molecule has 0 saturated heterocycles. The van der Waals surface area contributed by atoms with E-state index in [2.05, 4.69) is 11.1 Å². The Balaban J connectivity index is 1.93. The quantitative estimate of drug-likeness (QED) is 0.894. The molecule has 0 radical (unpaired) electrons. The lowest BCUT2D eigenvalue weighted by atomic mass is 10.1. The zero-order chi connectivity index (χ0) is 13.7. The Morgan fingerprint density at radius 3 is 2.58 bits per heavy atom. The van der Waals surface area contributed by atoms with Crippen molar-refractivity contribution in [3.8, 4) is 5.75 Å². The van der Waals surface area contributed by atoms with Crippen LogP contribution in [0, 0.1) is 6.92 Å². The maximum atomic E-state index is 5.86. The molecule has 100 valence electrons. The van der Waals surface area contributed by atoms with Gasteiger partial charge in [0.15, 0.2) is 0 Å². The second kappa shape index (κ2) is 6.34. The first-order valence-electron chi connectivity index (χ1n) is 6.54. The van der Waals surface area contributed by atoms with Gasteiger partial charge in [0.2, 0.25) is 0 Å². The number of pyridine rings is 1. The molecule has 3 heteroatoms. The molecule has 0 spiro atoms. The highest BCUT2D eigenvalue weighted by Crippen LogP contribution is 2.22. The summed E-state index contributed by atoms with van der Waals surface area (Å²) >= 11 is 0. The van der Waals surface area contributed by atoms with E-state index in [1.165, 1.54) is 5.56 Å². The highest BCUT2D eigenvalue weighted by atomic mass is 16.5. The van der Waals surface area contributed by atoms with Gasteiger partial charge in [0, 0.05) is 24.9 Å². The van der Waals surface area contributed by atoms with Crippen molar-refractivity contribution in [1.82, 2.24) is 4.98 Å². The smallest absolute Gasteiger partial charge is 0.122 e. The fourth-order valence-electron chi connectivity index (χ4n) is 1.95. The highest BCUT2D eigenvalue weighted by Gasteiger charge is 2.04. The molecule has 0 amide bonds. The number of hydrogen-bond acceptors (Lipinski definition) is 3. The standard InChI is InChI=1S/C16H20N2O/c1-12-11-15(13(2)17)3-4-16(12)19-10-7-14-5-8-18-9-6-14/h3-6,8-9,11,13H,7,10,17H2,1-2H3/t13-/m0/s1. The van der Waals surface area contributed by atoms with Crippen LogP contribution >= 0.6 is 0 Å². The summed E-state index contributed by atoms with van der Waals surface area (Å²) in [7, 11) is 0. The first kappa shape index (κ1) is 13.6. The lowest BCUT2D eigenvalue weighted by Gasteiger charge is -2.12. The van der Waals surface area contributed by atoms with Gasteiger partial charge in [-0.1, -0.05) is 12.1 Å². The summed E-state index contributed by atoms with van der Waals surface area (Å²) in [4.78, 5) is 4.00. The molecule has 0 bridgehead atoms. The zero-order valence-corrected chi connectivity index (χ0v) is 11.5. The van der Waals surface area contributed by atoms with Gasteiger partial charge in [-0.25, -0.2) is 0 Å². The van der Waals surface area contributed by atoms with Gasteiger partial charge in [-0.3, -0.25) is 4.98 Å². The van der Waals surface area contributed by atoms with E-state index in [1.807, 2.05) is 38.1 Å². The number of benzene rings is 1. The molecular weight excluding hydrogens is 236 g/mol. The van der Waals surface area contributed by atoms with Crippen LogP contribution in [-0.2, 0) is 6.42 Å². The molecular formula is C16H20N2O. The molecule has 0 fully saturated rings. The lowest BCUT2D eigenvalue weighted by Crippen LogP contribution is -2.06. The summed E-state index contributed by atoms with van der Waals surface area (Å²) in [5, 5.41) is 0. The van der Waals surface area contributed by atoms with Gasteiger partial charge >= 0.3 is 0 Å². The maximum Gasteiger partial charge on any atom is 0.122 e. The van der Waals surface area contributed by atoms with Gasteiger partial charge in [0.25, 0.3) is 0 Å². The predicted octanol–water partition coefficient (Wildman–Crippen LogP) is 3.03. The summed E-state index contributed by atoms with van der Waals surface area (Å²) in [6.07, 6.45) is 4.49. The largest absolute Gasteiger partial charge is 0.493 e. The minimum Gasteiger partial charge on any atom is -0.493 e. The van der Waals surface area contributed by atoms with Crippen LogP contribution < -0.4 is 10.5 Å². The molecule has 1 heterocycles. The van der Waals surface area contributed by atoms with Gasteiger partial charge in [-0.15, -0.1) is 0 Å². The number of aryl methyl sites for hydroxylation is 1. The number of hydrogen-bond donors (Lipinski definition) is 1. The predicted molar refractivity (Wildman–Crippen MR) is 77.2 cm³/mol. The molecule has 0 aliphatic heterocycles. The van der Waals surface area contributed by atoms with E-state index in [4.69, 9.17) is 10.5 Å². The first-order chi connectivity index (χ1) is 9.16. The fourth-order valence-corrected chi connectivity index (χ4v) is 1.95. The maximum absolute atomic E-state index is 5.86. The molecule has 1 aromatic heterocycles. The Morgan fingerprint density at radius 1 is 1.21 bits per heavy atom. The first-order valence-corrected chi connectivity index (χ1v) is 6.54. The van der Waals surface area contributed by atoms with Crippen molar-refractivity contribution in [2.24, 2.45) is 5.73 Å². The second-order valence-electron chi connectivity index (χ2n) is 4.77. The minimum atomic E-state index is 0.0598. The molecule has 1 atom stereocenters. The van der Waals surface area contributed by atoms with Gasteiger partial charge in [-0.05, 0) is 48.7 Å². The van der Waals surface area contributed by atoms with Crippen LogP contribution in [0.25, 0.3) is 0 Å². The van der Waals surface area contributed by atoms with E-state index in [1.54, 1.807) is 12.4 Å².